The zero-order valence-electron chi connectivity index (χ0n) is 13.1. The number of hydrogen-bond acceptors (Lipinski definition) is 3. The van der Waals surface area contributed by atoms with Gasteiger partial charge in [0.1, 0.15) is 0 Å². The van der Waals surface area contributed by atoms with Gasteiger partial charge in [-0.05, 0) is 32.3 Å². The van der Waals surface area contributed by atoms with Crippen molar-refractivity contribution in [2.45, 2.75) is 44.6 Å². The average molecular weight is 305 g/mol. The summed E-state index contributed by atoms with van der Waals surface area (Å²) in [5, 5.41) is 11.7. The highest BCUT2D eigenvalue weighted by Gasteiger charge is 2.42. The zero-order valence-corrected chi connectivity index (χ0v) is 13.1. The Morgan fingerprint density at radius 2 is 1.86 bits per heavy atom. The number of benzene rings is 1. The van der Waals surface area contributed by atoms with Crippen LogP contribution in [0, 0.1) is 6.92 Å². The lowest BCUT2D eigenvalue weighted by molar-refractivity contribution is -0.138. The van der Waals surface area contributed by atoms with Gasteiger partial charge in [-0.25, -0.2) is 0 Å². The van der Waals surface area contributed by atoms with E-state index in [0.29, 0.717) is 26.1 Å². The highest BCUT2D eigenvalue weighted by molar-refractivity contribution is 5.89. The summed E-state index contributed by atoms with van der Waals surface area (Å²) in [5.74, 6) is -1.02. The van der Waals surface area contributed by atoms with Crippen LogP contribution in [0.2, 0.25) is 0 Å². The first-order valence-electron chi connectivity index (χ1n) is 7.62. The molecule has 0 saturated carbocycles. The maximum atomic E-state index is 12.8. The van der Waals surface area contributed by atoms with Gasteiger partial charge in [-0.3, -0.25) is 9.59 Å². The Morgan fingerprint density at radius 3 is 2.41 bits per heavy atom. The smallest absolute Gasteiger partial charge is 0.305 e. The molecule has 120 valence electrons. The summed E-state index contributed by atoms with van der Waals surface area (Å²) in [6, 6.07) is 7.58. The van der Waals surface area contributed by atoms with E-state index in [1.54, 1.807) is 6.92 Å². The highest BCUT2D eigenvalue weighted by atomic mass is 16.5. The number of nitrogens with one attached hydrogen (secondary N) is 1. The van der Waals surface area contributed by atoms with Crippen LogP contribution in [0.3, 0.4) is 0 Å². The van der Waals surface area contributed by atoms with Gasteiger partial charge < -0.3 is 15.2 Å². The monoisotopic (exact) mass is 305 g/mol. The number of carboxylic acids is 1. The molecule has 2 N–H and O–H groups in total. The third kappa shape index (κ3) is 3.65. The number of carboxylic acid groups (broad SMARTS) is 1. The molecule has 1 aromatic rings. The van der Waals surface area contributed by atoms with Crippen molar-refractivity contribution >= 4 is 11.9 Å². The molecule has 1 aromatic carbocycles. The maximum absolute atomic E-state index is 12.8. The topological polar surface area (TPSA) is 75.6 Å². The van der Waals surface area contributed by atoms with E-state index in [4.69, 9.17) is 9.84 Å². The lowest BCUT2D eigenvalue weighted by Gasteiger charge is -2.37. The fourth-order valence-electron chi connectivity index (χ4n) is 2.91. The molecule has 1 heterocycles. The summed E-state index contributed by atoms with van der Waals surface area (Å²) < 4.78 is 5.42. The third-order valence-electron chi connectivity index (χ3n) is 4.24. The molecule has 1 amide bonds. The van der Waals surface area contributed by atoms with Crippen LogP contribution in [-0.2, 0) is 19.7 Å². The van der Waals surface area contributed by atoms with Crippen LogP contribution in [-0.4, -0.2) is 36.2 Å². The highest BCUT2D eigenvalue weighted by Crippen LogP contribution is 2.35. The molecule has 0 radical (unpaired) electrons. The fraction of sp³-hybridized carbons (Fsp3) is 0.529. The van der Waals surface area contributed by atoms with E-state index in [1.807, 2.05) is 31.2 Å². The molecule has 1 fully saturated rings. The minimum Gasteiger partial charge on any atom is -0.481 e. The van der Waals surface area contributed by atoms with E-state index >= 15 is 0 Å². The number of aryl methyl sites for hydroxylation is 1. The number of amides is 1. The maximum Gasteiger partial charge on any atom is 0.305 e. The Balaban J connectivity index is 2.23. The molecular weight excluding hydrogens is 282 g/mol. The SMILES string of the molecule is Cc1ccc(C2(C(=O)NC(C)CC(=O)O)CCOCC2)cc1. The van der Waals surface area contributed by atoms with E-state index in [0.717, 1.165) is 11.1 Å². The number of rotatable bonds is 5. The lowest BCUT2D eigenvalue weighted by Crippen LogP contribution is -2.50. The average Bonchev–Trinajstić information content (AvgIpc) is 2.47. The van der Waals surface area contributed by atoms with Gasteiger partial charge in [-0.15, -0.1) is 0 Å². The summed E-state index contributed by atoms with van der Waals surface area (Å²) in [4.78, 5) is 23.6. The first-order valence-corrected chi connectivity index (χ1v) is 7.62. The molecule has 0 spiro atoms. The van der Waals surface area contributed by atoms with Crippen LogP contribution in [0.25, 0.3) is 0 Å². The molecule has 1 unspecified atom stereocenters. The molecule has 5 nitrogen and oxygen atoms in total. The third-order valence-corrected chi connectivity index (χ3v) is 4.24. The van der Waals surface area contributed by atoms with Crippen molar-refractivity contribution in [2.75, 3.05) is 13.2 Å². The molecular formula is C17H23NO4. The van der Waals surface area contributed by atoms with Crippen LogP contribution in [0.15, 0.2) is 24.3 Å². The van der Waals surface area contributed by atoms with Gasteiger partial charge in [0, 0.05) is 19.3 Å². The number of carbonyl (C=O) groups is 2. The van der Waals surface area contributed by atoms with E-state index in [9.17, 15) is 9.59 Å². The van der Waals surface area contributed by atoms with Gasteiger partial charge in [0.05, 0.1) is 11.8 Å². The Labute approximate surface area is 130 Å². The van der Waals surface area contributed by atoms with Crippen molar-refractivity contribution in [2.24, 2.45) is 0 Å². The molecule has 1 saturated heterocycles. The summed E-state index contributed by atoms with van der Waals surface area (Å²) in [5.41, 5.74) is 1.49. The van der Waals surface area contributed by atoms with Crippen molar-refractivity contribution in [3.63, 3.8) is 0 Å². The van der Waals surface area contributed by atoms with Crippen molar-refractivity contribution < 1.29 is 19.4 Å². The van der Waals surface area contributed by atoms with Gasteiger partial charge in [-0.2, -0.15) is 0 Å². The number of carbonyl (C=O) groups excluding carboxylic acids is 1. The predicted octanol–water partition coefficient (Wildman–Crippen LogP) is 2.02. The Hall–Kier alpha value is -1.88. The Morgan fingerprint density at radius 1 is 1.27 bits per heavy atom. The molecule has 1 atom stereocenters. The van der Waals surface area contributed by atoms with Gasteiger partial charge in [0.15, 0.2) is 0 Å². The van der Waals surface area contributed by atoms with E-state index in [2.05, 4.69) is 5.32 Å². The van der Waals surface area contributed by atoms with Gasteiger partial charge >= 0.3 is 5.97 Å². The standard InChI is InChI=1S/C17H23NO4/c1-12-3-5-14(6-4-12)17(7-9-22-10-8-17)16(21)18-13(2)11-15(19)20/h3-6,13H,7-11H2,1-2H3,(H,18,21)(H,19,20). The molecule has 1 aliphatic rings. The molecule has 0 bridgehead atoms. The molecule has 2 rings (SSSR count). The summed E-state index contributed by atoms with van der Waals surface area (Å²) in [6.45, 7) is 4.80. The van der Waals surface area contributed by atoms with Crippen LogP contribution < -0.4 is 5.32 Å². The van der Waals surface area contributed by atoms with Crippen LogP contribution in [0.1, 0.15) is 37.3 Å². The van der Waals surface area contributed by atoms with Gasteiger partial charge in [-0.1, -0.05) is 29.8 Å². The molecule has 5 heteroatoms. The second-order valence-electron chi connectivity index (χ2n) is 6.03. The molecule has 0 aromatic heterocycles. The minimum absolute atomic E-state index is 0.0772. The zero-order chi connectivity index (χ0) is 16.2. The van der Waals surface area contributed by atoms with E-state index in [1.165, 1.54) is 0 Å². The summed E-state index contributed by atoms with van der Waals surface area (Å²) >= 11 is 0. The van der Waals surface area contributed by atoms with Crippen LogP contribution in [0.5, 0.6) is 0 Å². The minimum atomic E-state index is -0.913. The lowest BCUT2D eigenvalue weighted by atomic mass is 9.73. The van der Waals surface area contributed by atoms with Crippen molar-refractivity contribution in [1.29, 1.82) is 0 Å². The molecule has 0 aliphatic carbocycles. The van der Waals surface area contributed by atoms with Crippen LogP contribution >= 0.6 is 0 Å². The Kier molecular flexibility index (Phi) is 5.19. The fourth-order valence-corrected chi connectivity index (χ4v) is 2.91. The van der Waals surface area contributed by atoms with E-state index in [-0.39, 0.29) is 12.3 Å². The predicted molar refractivity (Wildman–Crippen MR) is 82.8 cm³/mol. The van der Waals surface area contributed by atoms with Crippen LogP contribution in [0.4, 0.5) is 0 Å². The summed E-state index contributed by atoms with van der Waals surface area (Å²) in [6.07, 6.45) is 1.15. The van der Waals surface area contributed by atoms with Gasteiger partial charge in [0.2, 0.25) is 5.91 Å². The number of ether oxygens (including phenoxy) is 1. The summed E-state index contributed by atoms with van der Waals surface area (Å²) in [7, 11) is 0. The second-order valence-corrected chi connectivity index (χ2v) is 6.03. The van der Waals surface area contributed by atoms with Crippen molar-refractivity contribution in [3.8, 4) is 0 Å². The number of aliphatic carboxylic acids is 1. The largest absolute Gasteiger partial charge is 0.481 e. The van der Waals surface area contributed by atoms with Crippen molar-refractivity contribution in [3.05, 3.63) is 35.4 Å². The normalized spacial score (nSPS) is 18.5. The van der Waals surface area contributed by atoms with E-state index < -0.39 is 17.4 Å². The molecule has 1 aliphatic heterocycles. The van der Waals surface area contributed by atoms with Crippen molar-refractivity contribution in [1.82, 2.24) is 5.32 Å². The second kappa shape index (κ2) is 6.92. The first-order chi connectivity index (χ1) is 10.4. The first kappa shape index (κ1) is 16.5. The number of hydrogen-bond donors (Lipinski definition) is 2. The molecule has 22 heavy (non-hydrogen) atoms. The van der Waals surface area contributed by atoms with Gasteiger partial charge in [0.25, 0.3) is 0 Å². The quantitative estimate of drug-likeness (QED) is 0.872. The Bertz CT molecular complexity index is 532.